The SMILES string of the molecule is COc1ccc(CN=Cc2c(O)[nH]c3ccc(Br)cc23)cc1. The lowest BCUT2D eigenvalue weighted by Crippen LogP contribution is -1.86. The third-order valence-electron chi connectivity index (χ3n) is 3.43. The Morgan fingerprint density at radius 3 is 2.73 bits per heavy atom. The summed E-state index contributed by atoms with van der Waals surface area (Å²) in [7, 11) is 1.64. The van der Waals surface area contributed by atoms with Gasteiger partial charge in [0.15, 0.2) is 5.88 Å². The number of fused-ring (bicyclic) bond motifs is 1. The van der Waals surface area contributed by atoms with Crippen molar-refractivity contribution in [3.8, 4) is 11.6 Å². The van der Waals surface area contributed by atoms with Crippen LogP contribution in [0.4, 0.5) is 0 Å². The van der Waals surface area contributed by atoms with Crippen LogP contribution in [0, 0.1) is 0 Å². The number of benzene rings is 2. The Kier molecular flexibility index (Phi) is 4.15. The minimum Gasteiger partial charge on any atom is -0.497 e. The van der Waals surface area contributed by atoms with E-state index in [0.29, 0.717) is 12.1 Å². The Balaban J connectivity index is 1.82. The van der Waals surface area contributed by atoms with Crippen molar-refractivity contribution in [2.24, 2.45) is 4.99 Å². The van der Waals surface area contributed by atoms with E-state index in [-0.39, 0.29) is 5.88 Å². The van der Waals surface area contributed by atoms with Crippen molar-refractivity contribution < 1.29 is 9.84 Å². The lowest BCUT2D eigenvalue weighted by atomic mass is 10.2. The average molecular weight is 359 g/mol. The largest absolute Gasteiger partial charge is 0.497 e. The van der Waals surface area contributed by atoms with Crippen molar-refractivity contribution in [1.29, 1.82) is 0 Å². The maximum Gasteiger partial charge on any atom is 0.198 e. The summed E-state index contributed by atoms with van der Waals surface area (Å²) in [6, 6.07) is 13.6. The average Bonchev–Trinajstić information content (AvgIpc) is 2.83. The predicted octanol–water partition coefficient (Wildman–Crippen LogP) is 4.26. The van der Waals surface area contributed by atoms with E-state index in [1.807, 2.05) is 42.5 Å². The fourth-order valence-corrected chi connectivity index (χ4v) is 2.64. The molecule has 0 aliphatic carbocycles. The molecule has 3 aromatic rings. The summed E-state index contributed by atoms with van der Waals surface area (Å²) in [5, 5.41) is 10.9. The first-order valence-corrected chi connectivity index (χ1v) is 7.59. The van der Waals surface area contributed by atoms with Crippen LogP contribution >= 0.6 is 15.9 Å². The van der Waals surface area contributed by atoms with Gasteiger partial charge in [-0.3, -0.25) is 4.99 Å². The lowest BCUT2D eigenvalue weighted by molar-refractivity contribution is 0.414. The number of nitrogens with one attached hydrogen (secondary N) is 1. The molecule has 0 spiro atoms. The molecule has 3 rings (SSSR count). The van der Waals surface area contributed by atoms with E-state index in [4.69, 9.17) is 4.74 Å². The van der Waals surface area contributed by atoms with Crippen LogP contribution in [-0.2, 0) is 6.54 Å². The van der Waals surface area contributed by atoms with Gasteiger partial charge in [0, 0.05) is 21.6 Å². The van der Waals surface area contributed by atoms with Gasteiger partial charge in [-0.25, -0.2) is 0 Å². The number of nitrogens with zero attached hydrogens (tertiary/aromatic N) is 1. The molecular formula is C17H15BrN2O2. The first-order chi connectivity index (χ1) is 10.7. The van der Waals surface area contributed by atoms with Crippen LogP contribution < -0.4 is 4.74 Å². The van der Waals surface area contributed by atoms with Gasteiger partial charge >= 0.3 is 0 Å². The third-order valence-corrected chi connectivity index (χ3v) is 3.93. The van der Waals surface area contributed by atoms with Crippen LogP contribution in [0.25, 0.3) is 10.9 Å². The lowest BCUT2D eigenvalue weighted by Gasteiger charge is -2.00. The normalized spacial score (nSPS) is 11.4. The van der Waals surface area contributed by atoms with Crippen LogP contribution in [0.5, 0.6) is 11.6 Å². The van der Waals surface area contributed by atoms with Crippen LogP contribution in [0.3, 0.4) is 0 Å². The maximum absolute atomic E-state index is 10.0. The number of hydrogen-bond acceptors (Lipinski definition) is 3. The van der Waals surface area contributed by atoms with Crippen LogP contribution in [0.1, 0.15) is 11.1 Å². The number of aromatic nitrogens is 1. The maximum atomic E-state index is 10.0. The Morgan fingerprint density at radius 1 is 1.23 bits per heavy atom. The summed E-state index contributed by atoms with van der Waals surface area (Å²) in [5.41, 5.74) is 2.66. The van der Waals surface area contributed by atoms with Gasteiger partial charge in [0.2, 0.25) is 0 Å². The quantitative estimate of drug-likeness (QED) is 0.684. The molecule has 5 heteroatoms. The van der Waals surface area contributed by atoms with E-state index < -0.39 is 0 Å². The predicted molar refractivity (Wildman–Crippen MR) is 92.0 cm³/mol. The second-order valence-electron chi connectivity index (χ2n) is 4.90. The molecule has 4 nitrogen and oxygen atoms in total. The number of aromatic hydroxyl groups is 1. The van der Waals surface area contributed by atoms with Crippen molar-refractivity contribution in [2.45, 2.75) is 6.54 Å². The first kappa shape index (κ1) is 14.7. The number of halogens is 1. The molecule has 0 fully saturated rings. The minimum absolute atomic E-state index is 0.131. The molecule has 0 aliphatic heterocycles. The number of aromatic amines is 1. The summed E-state index contributed by atoms with van der Waals surface area (Å²) in [6.45, 7) is 0.546. The van der Waals surface area contributed by atoms with Crippen LogP contribution in [-0.4, -0.2) is 23.4 Å². The van der Waals surface area contributed by atoms with Crippen molar-refractivity contribution in [1.82, 2.24) is 4.98 Å². The highest BCUT2D eigenvalue weighted by molar-refractivity contribution is 9.10. The standard InChI is InChI=1S/C17H15BrN2O2/c1-22-13-5-2-11(3-6-13)9-19-10-15-14-8-12(18)4-7-16(14)20-17(15)21/h2-8,10,20-21H,9H2,1H3. The second kappa shape index (κ2) is 6.23. The van der Waals surface area contributed by atoms with Crippen molar-refractivity contribution in [3.63, 3.8) is 0 Å². The molecule has 0 unspecified atom stereocenters. The zero-order valence-corrected chi connectivity index (χ0v) is 13.6. The Morgan fingerprint density at radius 2 is 2.00 bits per heavy atom. The second-order valence-corrected chi connectivity index (χ2v) is 5.81. The van der Waals surface area contributed by atoms with E-state index in [0.717, 1.165) is 26.7 Å². The smallest absolute Gasteiger partial charge is 0.198 e. The molecule has 0 radical (unpaired) electrons. The molecule has 0 saturated carbocycles. The van der Waals surface area contributed by atoms with Crippen molar-refractivity contribution in [2.75, 3.05) is 7.11 Å². The molecule has 0 aliphatic rings. The number of aliphatic imine (C=N–C) groups is 1. The molecule has 0 amide bonds. The summed E-state index contributed by atoms with van der Waals surface area (Å²) < 4.78 is 6.09. The molecule has 1 aromatic heterocycles. The molecule has 112 valence electrons. The summed E-state index contributed by atoms with van der Waals surface area (Å²) in [4.78, 5) is 7.36. The van der Waals surface area contributed by atoms with Gasteiger partial charge in [-0.1, -0.05) is 28.1 Å². The molecular weight excluding hydrogens is 344 g/mol. The molecule has 2 N–H and O–H groups in total. The number of rotatable bonds is 4. The summed E-state index contributed by atoms with van der Waals surface area (Å²) in [5.74, 6) is 0.957. The topological polar surface area (TPSA) is 57.6 Å². The number of hydrogen-bond donors (Lipinski definition) is 2. The highest BCUT2D eigenvalue weighted by atomic mass is 79.9. The Bertz CT molecular complexity index is 823. The van der Waals surface area contributed by atoms with Gasteiger partial charge in [-0.15, -0.1) is 0 Å². The van der Waals surface area contributed by atoms with Crippen molar-refractivity contribution in [3.05, 3.63) is 58.1 Å². The Labute approximate surface area is 136 Å². The number of methoxy groups -OCH3 is 1. The minimum atomic E-state index is 0.131. The van der Waals surface area contributed by atoms with Crippen molar-refractivity contribution >= 4 is 33.0 Å². The van der Waals surface area contributed by atoms with Crippen LogP contribution in [0.2, 0.25) is 0 Å². The van der Waals surface area contributed by atoms with Gasteiger partial charge in [-0.2, -0.15) is 0 Å². The molecule has 22 heavy (non-hydrogen) atoms. The monoisotopic (exact) mass is 358 g/mol. The van der Waals surface area contributed by atoms with E-state index in [1.165, 1.54) is 0 Å². The van der Waals surface area contributed by atoms with Gasteiger partial charge in [0.25, 0.3) is 0 Å². The number of ether oxygens (including phenoxy) is 1. The summed E-state index contributed by atoms with van der Waals surface area (Å²) in [6.07, 6.45) is 1.70. The van der Waals surface area contributed by atoms with E-state index in [9.17, 15) is 5.11 Å². The van der Waals surface area contributed by atoms with Crippen LogP contribution in [0.15, 0.2) is 51.9 Å². The molecule has 0 bridgehead atoms. The zero-order valence-electron chi connectivity index (χ0n) is 12.0. The van der Waals surface area contributed by atoms with E-state index >= 15 is 0 Å². The van der Waals surface area contributed by atoms with E-state index in [1.54, 1.807) is 13.3 Å². The highest BCUT2D eigenvalue weighted by Gasteiger charge is 2.08. The third kappa shape index (κ3) is 2.99. The van der Waals surface area contributed by atoms with E-state index in [2.05, 4.69) is 25.9 Å². The molecule has 0 saturated heterocycles. The fraction of sp³-hybridized carbons (Fsp3) is 0.118. The van der Waals surface area contributed by atoms with Gasteiger partial charge in [-0.05, 0) is 35.9 Å². The molecule has 2 aromatic carbocycles. The number of H-pyrrole nitrogens is 1. The fourth-order valence-electron chi connectivity index (χ4n) is 2.27. The Hall–Kier alpha value is -2.27. The molecule has 1 heterocycles. The molecule has 0 atom stereocenters. The van der Waals surface area contributed by atoms with Gasteiger partial charge < -0.3 is 14.8 Å². The van der Waals surface area contributed by atoms with Gasteiger partial charge in [0.05, 0.1) is 19.2 Å². The summed E-state index contributed by atoms with van der Waals surface area (Å²) >= 11 is 3.44. The highest BCUT2D eigenvalue weighted by Crippen LogP contribution is 2.28. The van der Waals surface area contributed by atoms with Gasteiger partial charge in [0.1, 0.15) is 5.75 Å². The first-order valence-electron chi connectivity index (χ1n) is 6.80. The zero-order chi connectivity index (χ0) is 15.5.